The Balaban J connectivity index is 2.17. The minimum absolute atomic E-state index is 0.0575. The molecule has 1 aromatic carbocycles. The molecule has 0 radical (unpaired) electrons. The van der Waals surface area contributed by atoms with Crippen molar-refractivity contribution in [2.45, 2.75) is 25.8 Å². The standard InChI is InChI=1S/C14H18Cl2N2O/c1-9(17)10-3-2-6-18(8-10)14(19)12-7-11(15)4-5-13(12)16/h4-5,7,9-10H,2-3,6,8,17H2,1H3/t9-,10-/m0/s1. The molecular formula is C14H18Cl2N2O. The Bertz CT molecular complexity index is 477. The van der Waals surface area contributed by atoms with Gasteiger partial charge in [-0.25, -0.2) is 0 Å². The van der Waals surface area contributed by atoms with Gasteiger partial charge < -0.3 is 10.6 Å². The summed E-state index contributed by atoms with van der Waals surface area (Å²) in [5.41, 5.74) is 6.41. The normalized spacial score (nSPS) is 21.3. The fourth-order valence-corrected chi connectivity index (χ4v) is 2.83. The lowest BCUT2D eigenvalue weighted by Crippen LogP contribution is -2.45. The number of hydrogen-bond donors (Lipinski definition) is 1. The molecule has 104 valence electrons. The summed E-state index contributed by atoms with van der Waals surface area (Å²) in [5, 5.41) is 0.964. The third kappa shape index (κ3) is 3.41. The largest absolute Gasteiger partial charge is 0.338 e. The van der Waals surface area contributed by atoms with E-state index in [-0.39, 0.29) is 11.9 Å². The number of piperidine rings is 1. The molecule has 1 fully saturated rings. The highest BCUT2D eigenvalue weighted by atomic mass is 35.5. The van der Waals surface area contributed by atoms with Gasteiger partial charge >= 0.3 is 0 Å². The van der Waals surface area contributed by atoms with Crippen LogP contribution in [0.1, 0.15) is 30.1 Å². The van der Waals surface area contributed by atoms with Crippen LogP contribution >= 0.6 is 23.2 Å². The first-order valence-electron chi connectivity index (χ1n) is 6.49. The number of carbonyl (C=O) groups is 1. The highest BCUT2D eigenvalue weighted by Crippen LogP contribution is 2.25. The molecule has 3 nitrogen and oxygen atoms in total. The number of nitrogens with zero attached hydrogens (tertiary/aromatic N) is 1. The van der Waals surface area contributed by atoms with Gasteiger partial charge in [0.25, 0.3) is 5.91 Å². The molecule has 2 N–H and O–H groups in total. The Kier molecular flexibility index (Phi) is 4.71. The minimum Gasteiger partial charge on any atom is -0.338 e. The number of halogens is 2. The number of carbonyl (C=O) groups excluding carboxylic acids is 1. The van der Waals surface area contributed by atoms with E-state index >= 15 is 0 Å². The maximum absolute atomic E-state index is 12.5. The van der Waals surface area contributed by atoms with E-state index in [2.05, 4.69) is 0 Å². The maximum atomic E-state index is 12.5. The summed E-state index contributed by atoms with van der Waals surface area (Å²) in [6.45, 7) is 3.44. The molecule has 1 aliphatic rings. The van der Waals surface area contributed by atoms with E-state index in [9.17, 15) is 4.79 Å². The van der Waals surface area contributed by atoms with E-state index in [0.717, 1.165) is 19.4 Å². The summed E-state index contributed by atoms with van der Waals surface area (Å²) < 4.78 is 0. The zero-order chi connectivity index (χ0) is 14.0. The predicted molar refractivity (Wildman–Crippen MR) is 78.7 cm³/mol. The van der Waals surface area contributed by atoms with Crippen molar-refractivity contribution in [2.75, 3.05) is 13.1 Å². The first kappa shape index (κ1) is 14.6. The van der Waals surface area contributed by atoms with E-state index in [1.54, 1.807) is 18.2 Å². The molecule has 1 aromatic rings. The summed E-state index contributed by atoms with van der Waals surface area (Å²) in [5.74, 6) is 0.300. The second kappa shape index (κ2) is 6.12. The van der Waals surface area contributed by atoms with Crippen LogP contribution < -0.4 is 5.73 Å². The van der Waals surface area contributed by atoms with Crippen LogP contribution in [0.15, 0.2) is 18.2 Å². The SMILES string of the molecule is C[C@H](N)[C@H]1CCCN(C(=O)c2cc(Cl)ccc2Cl)C1. The quantitative estimate of drug-likeness (QED) is 0.912. The Labute approximate surface area is 123 Å². The van der Waals surface area contributed by atoms with Gasteiger partial charge in [-0.05, 0) is 43.9 Å². The molecule has 2 atom stereocenters. The van der Waals surface area contributed by atoms with Gasteiger partial charge in [-0.2, -0.15) is 0 Å². The van der Waals surface area contributed by atoms with E-state index < -0.39 is 0 Å². The lowest BCUT2D eigenvalue weighted by atomic mass is 9.92. The summed E-state index contributed by atoms with van der Waals surface area (Å²) in [6, 6.07) is 5.07. The van der Waals surface area contributed by atoms with Crippen LogP contribution in [0.25, 0.3) is 0 Å². The van der Waals surface area contributed by atoms with Crippen LogP contribution in [0.2, 0.25) is 10.0 Å². The molecule has 0 spiro atoms. The summed E-state index contributed by atoms with van der Waals surface area (Å²) >= 11 is 12.0. The maximum Gasteiger partial charge on any atom is 0.255 e. The van der Waals surface area contributed by atoms with Crippen LogP contribution in [-0.4, -0.2) is 29.9 Å². The molecule has 0 unspecified atom stereocenters. The first-order chi connectivity index (χ1) is 8.99. The first-order valence-corrected chi connectivity index (χ1v) is 7.24. The molecule has 1 heterocycles. The van der Waals surface area contributed by atoms with E-state index in [0.29, 0.717) is 28.1 Å². The van der Waals surface area contributed by atoms with Gasteiger partial charge in [0.15, 0.2) is 0 Å². The van der Waals surface area contributed by atoms with Gasteiger partial charge in [-0.15, -0.1) is 0 Å². The highest BCUT2D eigenvalue weighted by Gasteiger charge is 2.27. The summed E-state index contributed by atoms with van der Waals surface area (Å²) in [4.78, 5) is 14.3. The molecule has 0 saturated carbocycles. The minimum atomic E-state index is -0.0575. The molecule has 0 aromatic heterocycles. The van der Waals surface area contributed by atoms with Gasteiger partial charge in [0, 0.05) is 24.2 Å². The molecular weight excluding hydrogens is 283 g/mol. The lowest BCUT2D eigenvalue weighted by molar-refractivity contribution is 0.0661. The van der Waals surface area contributed by atoms with Crippen LogP contribution in [0.5, 0.6) is 0 Å². The molecule has 19 heavy (non-hydrogen) atoms. The van der Waals surface area contributed by atoms with Crippen molar-refractivity contribution in [3.05, 3.63) is 33.8 Å². The van der Waals surface area contributed by atoms with Crippen LogP contribution in [0, 0.1) is 5.92 Å². The average molecular weight is 301 g/mol. The van der Waals surface area contributed by atoms with Gasteiger partial charge in [0.2, 0.25) is 0 Å². The third-order valence-corrected chi connectivity index (χ3v) is 4.21. The van der Waals surface area contributed by atoms with Crippen molar-refractivity contribution < 1.29 is 4.79 Å². The Morgan fingerprint density at radius 1 is 1.47 bits per heavy atom. The fourth-order valence-electron chi connectivity index (χ4n) is 2.46. The van der Waals surface area contributed by atoms with Crippen LogP contribution in [0.3, 0.4) is 0 Å². The topological polar surface area (TPSA) is 46.3 Å². The molecule has 0 aliphatic carbocycles. The third-order valence-electron chi connectivity index (χ3n) is 3.65. The van der Waals surface area contributed by atoms with Gasteiger partial charge in [-0.3, -0.25) is 4.79 Å². The van der Waals surface area contributed by atoms with E-state index in [1.807, 2.05) is 11.8 Å². The molecule has 5 heteroatoms. The Hall–Kier alpha value is -0.770. The molecule has 0 bridgehead atoms. The average Bonchev–Trinajstić information content (AvgIpc) is 2.41. The summed E-state index contributed by atoms with van der Waals surface area (Å²) in [7, 11) is 0. The molecule has 1 saturated heterocycles. The highest BCUT2D eigenvalue weighted by molar-refractivity contribution is 6.35. The number of nitrogens with two attached hydrogens (primary N) is 1. The van der Waals surface area contributed by atoms with Gasteiger partial charge in [0.1, 0.15) is 0 Å². The van der Waals surface area contributed by atoms with Crippen LogP contribution in [-0.2, 0) is 0 Å². The van der Waals surface area contributed by atoms with Crippen molar-refractivity contribution in [2.24, 2.45) is 11.7 Å². The van der Waals surface area contributed by atoms with Crippen molar-refractivity contribution >= 4 is 29.1 Å². The molecule has 1 aliphatic heterocycles. The number of hydrogen-bond acceptors (Lipinski definition) is 2. The van der Waals surface area contributed by atoms with Crippen molar-refractivity contribution in [3.8, 4) is 0 Å². The van der Waals surface area contributed by atoms with Crippen molar-refractivity contribution in [1.82, 2.24) is 4.90 Å². The lowest BCUT2D eigenvalue weighted by Gasteiger charge is -2.34. The summed E-state index contributed by atoms with van der Waals surface area (Å²) in [6.07, 6.45) is 2.06. The number of rotatable bonds is 2. The molecule has 2 rings (SSSR count). The Morgan fingerprint density at radius 2 is 2.21 bits per heavy atom. The van der Waals surface area contributed by atoms with Crippen molar-refractivity contribution in [3.63, 3.8) is 0 Å². The predicted octanol–water partition coefficient (Wildman–Crippen LogP) is 3.19. The number of likely N-dealkylation sites (tertiary alicyclic amines) is 1. The smallest absolute Gasteiger partial charge is 0.255 e. The fraction of sp³-hybridized carbons (Fsp3) is 0.500. The van der Waals surface area contributed by atoms with Gasteiger partial charge in [0.05, 0.1) is 10.6 Å². The second-order valence-corrected chi connectivity index (χ2v) is 5.98. The second-order valence-electron chi connectivity index (χ2n) is 5.14. The zero-order valence-corrected chi connectivity index (χ0v) is 12.4. The van der Waals surface area contributed by atoms with Crippen molar-refractivity contribution in [1.29, 1.82) is 0 Å². The monoisotopic (exact) mass is 300 g/mol. The Morgan fingerprint density at radius 3 is 2.89 bits per heavy atom. The van der Waals surface area contributed by atoms with E-state index in [1.165, 1.54) is 0 Å². The number of benzene rings is 1. The van der Waals surface area contributed by atoms with Crippen LogP contribution in [0.4, 0.5) is 0 Å². The number of amides is 1. The zero-order valence-electron chi connectivity index (χ0n) is 10.9. The van der Waals surface area contributed by atoms with Gasteiger partial charge in [-0.1, -0.05) is 23.2 Å². The van der Waals surface area contributed by atoms with E-state index in [4.69, 9.17) is 28.9 Å². The molecule has 1 amide bonds.